The highest BCUT2D eigenvalue weighted by Crippen LogP contribution is 2.27. The number of aromatic nitrogens is 6. The molecule has 2 unspecified atom stereocenters. The molecule has 2 aromatic carbocycles. The number of fused-ring (bicyclic) bond motifs is 2. The minimum atomic E-state index is -0.245. The van der Waals surface area contributed by atoms with Gasteiger partial charge in [0.15, 0.2) is 0 Å². The maximum Gasteiger partial charge on any atom is 0.139 e. The van der Waals surface area contributed by atoms with Crippen molar-refractivity contribution in [3.05, 3.63) is 107 Å². The number of rotatable bonds is 11. The predicted octanol–water partition coefficient (Wildman–Crippen LogP) is 5.80. The Bertz CT molecular complexity index is 2270. The second-order valence-corrected chi connectivity index (χ2v) is 15.5. The van der Waals surface area contributed by atoms with E-state index in [9.17, 15) is 10.2 Å². The second kappa shape index (κ2) is 17.7. The van der Waals surface area contributed by atoms with E-state index in [2.05, 4.69) is 28.0 Å². The van der Waals surface area contributed by atoms with Gasteiger partial charge in [-0.1, -0.05) is 35.9 Å². The fraction of sp³-hybridized carbons (Fsp3) is 0.395. The Balaban J connectivity index is 0.000000172. The average molecular weight is 775 g/mol. The van der Waals surface area contributed by atoms with Crippen LogP contribution in [0, 0.1) is 5.92 Å². The molecule has 2 aliphatic heterocycles. The summed E-state index contributed by atoms with van der Waals surface area (Å²) in [6.07, 6.45) is 4.60. The van der Waals surface area contributed by atoms with Gasteiger partial charge in [-0.05, 0) is 80.3 Å². The fourth-order valence-corrected chi connectivity index (χ4v) is 7.50. The van der Waals surface area contributed by atoms with Crippen molar-refractivity contribution in [3.8, 4) is 0 Å². The van der Waals surface area contributed by atoms with Gasteiger partial charge < -0.3 is 29.8 Å². The van der Waals surface area contributed by atoms with Crippen LogP contribution in [0.3, 0.4) is 0 Å². The third-order valence-corrected chi connectivity index (χ3v) is 10.5. The van der Waals surface area contributed by atoms with Crippen molar-refractivity contribution in [2.75, 3.05) is 80.6 Å². The van der Waals surface area contributed by atoms with E-state index in [4.69, 9.17) is 41.5 Å². The van der Waals surface area contributed by atoms with Crippen molar-refractivity contribution >= 4 is 56.7 Å². The highest BCUT2D eigenvalue weighted by Gasteiger charge is 2.23. The van der Waals surface area contributed by atoms with Gasteiger partial charge in [-0.25, -0.2) is 29.9 Å². The molecule has 6 heterocycles. The van der Waals surface area contributed by atoms with Gasteiger partial charge in [0.25, 0.3) is 0 Å². The van der Waals surface area contributed by atoms with Crippen molar-refractivity contribution in [1.29, 1.82) is 0 Å². The van der Waals surface area contributed by atoms with E-state index in [-0.39, 0.29) is 12.7 Å². The van der Waals surface area contributed by atoms with Crippen LogP contribution in [0.2, 0.25) is 5.02 Å². The van der Waals surface area contributed by atoms with Crippen molar-refractivity contribution in [3.63, 3.8) is 0 Å². The van der Waals surface area contributed by atoms with Gasteiger partial charge in [0.1, 0.15) is 34.9 Å². The molecule has 4 aromatic heterocycles. The third-order valence-electron chi connectivity index (χ3n) is 10.3. The van der Waals surface area contributed by atoms with Crippen LogP contribution in [0.1, 0.15) is 35.9 Å². The van der Waals surface area contributed by atoms with Crippen LogP contribution in [0.4, 0.5) is 23.3 Å². The first-order valence-corrected chi connectivity index (χ1v) is 19.8. The smallest absolute Gasteiger partial charge is 0.139 e. The summed E-state index contributed by atoms with van der Waals surface area (Å²) < 4.78 is 0. The maximum absolute atomic E-state index is 9.75. The van der Waals surface area contributed by atoms with E-state index in [1.54, 1.807) is 0 Å². The molecule has 8 rings (SSSR count). The zero-order chi connectivity index (χ0) is 39.2. The molecule has 2 N–H and O–H groups in total. The number of halogens is 1. The number of anilines is 4. The molecule has 0 bridgehead atoms. The monoisotopic (exact) mass is 774 g/mol. The van der Waals surface area contributed by atoms with E-state index >= 15 is 0 Å². The van der Waals surface area contributed by atoms with Crippen LogP contribution in [0.5, 0.6) is 0 Å². The van der Waals surface area contributed by atoms with Crippen molar-refractivity contribution in [2.24, 2.45) is 5.92 Å². The number of aryl methyl sites for hydroxylation is 4. The molecule has 2 atom stereocenters. The first kappa shape index (κ1) is 39.1. The number of β-amino-alcohol motifs (C(OH)–C–C–N with tert-alkyl or cyclic N) is 1. The summed E-state index contributed by atoms with van der Waals surface area (Å²) in [4.78, 5) is 37.0. The summed E-state index contributed by atoms with van der Waals surface area (Å²) in [5, 5.41) is 21.8. The molecule has 13 heteroatoms. The van der Waals surface area contributed by atoms with E-state index in [0.717, 1.165) is 126 Å². The lowest BCUT2D eigenvalue weighted by molar-refractivity contribution is 0.198. The van der Waals surface area contributed by atoms with E-state index in [0.29, 0.717) is 17.5 Å². The maximum atomic E-state index is 9.75. The van der Waals surface area contributed by atoms with Gasteiger partial charge in [-0.15, -0.1) is 0 Å². The summed E-state index contributed by atoms with van der Waals surface area (Å²) in [6, 6.07) is 26.1. The van der Waals surface area contributed by atoms with Crippen molar-refractivity contribution in [1.82, 2.24) is 29.9 Å². The first-order valence-electron chi connectivity index (χ1n) is 19.4. The van der Waals surface area contributed by atoms with Gasteiger partial charge in [-0.3, -0.25) is 0 Å². The van der Waals surface area contributed by atoms with Crippen molar-refractivity contribution in [2.45, 2.75) is 44.6 Å². The normalized spacial score (nSPS) is 16.7. The highest BCUT2D eigenvalue weighted by atomic mass is 35.5. The Kier molecular flexibility index (Phi) is 12.4. The minimum absolute atomic E-state index is 0.245. The average Bonchev–Trinajstić information content (AvgIpc) is 3.88. The predicted molar refractivity (Wildman–Crippen MR) is 226 cm³/mol. The molecule has 0 amide bonds. The zero-order valence-electron chi connectivity index (χ0n) is 32.7. The molecule has 2 fully saturated rings. The second-order valence-electron chi connectivity index (χ2n) is 15.0. The lowest BCUT2D eigenvalue weighted by Gasteiger charge is -2.18. The summed E-state index contributed by atoms with van der Waals surface area (Å²) in [5.74, 6) is 5.74. The molecule has 0 spiro atoms. The van der Waals surface area contributed by atoms with Crippen LogP contribution in [-0.4, -0.2) is 107 Å². The lowest BCUT2D eigenvalue weighted by atomic mass is 10.1. The van der Waals surface area contributed by atoms with Gasteiger partial charge in [0, 0.05) is 107 Å². The summed E-state index contributed by atoms with van der Waals surface area (Å²) in [7, 11) is 7.97. The first-order chi connectivity index (χ1) is 27.1. The highest BCUT2D eigenvalue weighted by molar-refractivity contribution is 6.31. The zero-order valence-corrected chi connectivity index (χ0v) is 33.4. The van der Waals surface area contributed by atoms with Gasteiger partial charge in [-0.2, -0.15) is 0 Å². The molecule has 2 aliphatic rings. The standard InChI is InChI=1S/C22H26ClN5O.C21H25N5O/c1-27(2)22-18-12-16(23)6-8-19(18)25-20(26-22)9-7-17-4-3-5-21(24-17)28-11-10-15(13-28)14-29;1-25(2)21-17-7-3-4-8-18(17)23-19(24-21)11-10-15-6-5-9-20(22-15)26-13-12-16(27)14-26/h3-6,8,12,15,29H,7,9-11,13-14H2,1-2H3;3-9,16,27H,10-14H2,1-2H3. The van der Waals surface area contributed by atoms with Gasteiger partial charge in [0.05, 0.1) is 17.1 Å². The number of para-hydroxylation sites is 1. The Hall–Kier alpha value is -5.17. The molecule has 56 heavy (non-hydrogen) atoms. The van der Waals surface area contributed by atoms with Gasteiger partial charge in [0.2, 0.25) is 0 Å². The summed E-state index contributed by atoms with van der Waals surface area (Å²) >= 11 is 6.16. The molecule has 0 aliphatic carbocycles. The summed E-state index contributed by atoms with van der Waals surface area (Å²) in [6.45, 7) is 3.59. The van der Waals surface area contributed by atoms with E-state index in [1.165, 1.54) is 0 Å². The van der Waals surface area contributed by atoms with E-state index in [1.807, 2.05) is 98.7 Å². The Morgan fingerprint density at radius 2 is 1.20 bits per heavy atom. The Morgan fingerprint density at radius 1 is 0.625 bits per heavy atom. The third kappa shape index (κ3) is 9.43. The topological polar surface area (TPSA) is 131 Å². The molecule has 0 radical (unpaired) electrons. The molecule has 0 saturated carbocycles. The quantitative estimate of drug-likeness (QED) is 0.165. The van der Waals surface area contributed by atoms with E-state index < -0.39 is 0 Å². The van der Waals surface area contributed by atoms with Crippen LogP contribution in [0.15, 0.2) is 78.9 Å². The van der Waals surface area contributed by atoms with Crippen LogP contribution >= 0.6 is 11.6 Å². The molecule has 2 saturated heterocycles. The number of hydrogen-bond donors (Lipinski definition) is 2. The number of benzene rings is 2. The Labute approximate surface area is 333 Å². The number of hydrogen-bond acceptors (Lipinski definition) is 12. The Morgan fingerprint density at radius 3 is 1.77 bits per heavy atom. The van der Waals surface area contributed by atoms with Crippen LogP contribution in [-0.2, 0) is 25.7 Å². The van der Waals surface area contributed by atoms with Crippen LogP contribution < -0.4 is 19.6 Å². The minimum Gasteiger partial charge on any atom is -0.396 e. The largest absolute Gasteiger partial charge is 0.396 e. The lowest BCUT2D eigenvalue weighted by Crippen LogP contribution is -2.22. The SMILES string of the molecule is CN(C)c1nc(CCc2cccc(N3CCC(CO)C3)n2)nc2ccc(Cl)cc12.CN(C)c1nc(CCc2cccc(N3CCC(O)C3)n2)nc2ccccc12. The molecular formula is C43H51ClN10O2. The number of pyridine rings is 2. The fourth-order valence-electron chi connectivity index (χ4n) is 7.33. The molecule has 6 aromatic rings. The van der Waals surface area contributed by atoms with Crippen LogP contribution in [0.25, 0.3) is 21.8 Å². The van der Waals surface area contributed by atoms with Crippen molar-refractivity contribution < 1.29 is 10.2 Å². The van der Waals surface area contributed by atoms with Gasteiger partial charge >= 0.3 is 0 Å². The number of aliphatic hydroxyl groups is 2. The number of aliphatic hydroxyl groups excluding tert-OH is 2. The summed E-state index contributed by atoms with van der Waals surface area (Å²) in [5.41, 5.74) is 3.93. The number of nitrogens with zero attached hydrogens (tertiary/aromatic N) is 10. The molecular weight excluding hydrogens is 724 g/mol. The molecule has 12 nitrogen and oxygen atoms in total. The molecule has 292 valence electrons.